The number of primary amides is 1. The zero-order valence-corrected chi connectivity index (χ0v) is 19.8. The molecule has 0 bridgehead atoms. The Morgan fingerprint density at radius 2 is 1.82 bits per heavy atom. The molecule has 5 nitrogen and oxygen atoms in total. The molecule has 7 heteroatoms. The molecule has 0 aliphatic rings. The van der Waals surface area contributed by atoms with Gasteiger partial charge in [-0.3, -0.25) is 4.79 Å². The molecule has 2 aromatic heterocycles. The second kappa shape index (κ2) is 9.75. The zero-order valence-electron chi connectivity index (χ0n) is 19.0. The number of hydrogen-bond donors (Lipinski definition) is 3. The van der Waals surface area contributed by atoms with Gasteiger partial charge < -0.3 is 16.2 Å². The Labute approximate surface area is 202 Å². The van der Waals surface area contributed by atoms with E-state index in [0.29, 0.717) is 26.8 Å². The highest BCUT2D eigenvalue weighted by atomic mass is 32.1. The van der Waals surface area contributed by atoms with Gasteiger partial charge in [0.25, 0.3) is 5.91 Å². The van der Waals surface area contributed by atoms with Crippen LogP contribution in [0.15, 0.2) is 72.8 Å². The van der Waals surface area contributed by atoms with Crippen molar-refractivity contribution < 1.29 is 14.3 Å². The number of halogens is 1. The predicted octanol–water partition coefficient (Wildman–Crippen LogP) is 5.80. The maximum Gasteiger partial charge on any atom is 0.251 e. The first-order valence-corrected chi connectivity index (χ1v) is 11.8. The summed E-state index contributed by atoms with van der Waals surface area (Å²) in [6.45, 7) is 3.20. The molecule has 1 amide bonds. The largest absolute Gasteiger partial charge is 0.386 e. The minimum Gasteiger partial charge on any atom is -0.386 e. The highest BCUT2D eigenvalue weighted by Crippen LogP contribution is 2.38. The second-order valence-corrected chi connectivity index (χ2v) is 9.65. The average molecular weight is 476 g/mol. The van der Waals surface area contributed by atoms with Crippen molar-refractivity contribution in [3.8, 4) is 10.4 Å². The number of aliphatic hydroxyl groups is 1. The normalized spacial score (nSPS) is 11.4. The first-order valence-electron chi connectivity index (χ1n) is 10.9. The van der Waals surface area contributed by atoms with E-state index >= 15 is 0 Å². The molecule has 0 unspecified atom stereocenters. The first-order chi connectivity index (χ1) is 16.2. The van der Waals surface area contributed by atoms with Crippen LogP contribution in [0.5, 0.6) is 0 Å². The summed E-state index contributed by atoms with van der Waals surface area (Å²) in [6.07, 6.45) is 1.64. The fourth-order valence-electron chi connectivity index (χ4n) is 3.62. The number of rotatable bonds is 8. The van der Waals surface area contributed by atoms with Crippen molar-refractivity contribution in [2.24, 2.45) is 5.73 Å². The number of nitrogens with one attached hydrogen (secondary N) is 1. The third-order valence-corrected chi connectivity index (χ3v) is 6.58. The van der Waals surface area contributed by atoms with Gasteiger partial charge in [0.15, 0.2) is 0 Å². The first kappa shape index (κ1) is 23.6. The summed E-state index contributed by atoms with van der Waals surface area (Å²) in [6, 6.07) is 22.0. The van der Waals surface area contributed by atoms with Crippen LogP contribution in [0.25, 0.3) is 10.4 Å². The van der Waals surface area contributed by atoms with Crippen molar-refractivity contribution in [3.05, 3.63) is 101 Å². The van der Waals surface area contributed by atoms with Crippen LogP contribution in [0.2, 0.25) is 0 Å². The molecular weight excluding hydrogens is 449 g/mol. The fraction of sp³-hybridized carbons (Fsp3) is 0.185. The Hall–Kier alpha value is -3.55. The number of aryl methyl sites for hydroxylation is 2. The standard InChI is InChI=1S/C27H26FN3O2S/c1-27(2,33)18-12-14-20(22(28)15-18)23-16-21(25(29)32)26(34-23)31-24-10-6-9-19(30-24)13-11-17-7-4-3-5-8-17/h3-10,12,14-16,33H,11,13H2,1-2H3,(H2,29,32)(H,30,31). The highest BCUT2D eigenvalue weighted by molar-refractivity contribution is 7.19. The third kappa shape index (κ3) is 5.50. The molecule has 0 saturated heterocycles. The van der Waals surface area contributed by atoms with E-state index in [2.05, 4.69) is 22.4 Å². The summed E-state index contributed by atoms with van der Waals surface area (Å²) in [7, 11) is 0. The van der Waals surface area contributed by atoms with Crippen LogP contribution in [0.3, 0.4) is 0 Å². The van der Waals surface area contributed by atoms with E-state index in [1.54, 1.807) is 32.0 Å². The van der Waals surface area contributed by atoms with Crippen molar-refractivity contribution in [2.75, 3.05) is 5.32 Å². The predicted molar refractivity (Wildman–Crippen MR) is 135 cm³/mol. The Balaban J connectivity index is 1.58. The lowest BCUT2D eigenvalue weighted by Crippen LogP contribution is -2.15. The lowest BCUT2D eigenvalue weighted by atomic mass is 9.96. The number of nitrogens with two attached hydrogens (primary N) is 1. The minimum atomic E-state index is -1.16. The molecular formula is C27H26FN3O2S. The van der Waals surface area contributed by atoms with E-state index in [9.17, 15) is 14.3 Å². The number of benzene rings is 2. The Morgan fingerprint density at radius 3 is 2.50 bits per heavy atom. The van der Waals surface area contributed by atoms with E-state index in [1.165, 1.54) is 23.0 Å². The number of amides is 1. The number of hydrogen-bond acceptors (Lipinski definition) is 5. The fourth-order valence-corrected chi connectivity index (χ4v) is 4.71. The summed E-state index contributed by atoms with van der Waals surface area (Å²) < 4.78 is 14.9. The lowest BCUT2D eigenvalue weighted by molar-refractivity contribution is 0.0782. The van der Waals surface area contributed by atoms with Gasteiger partial charge in [-0.1, -0.05) is 48.5 Å². The molecule has 34 heavy (non-hydrogen) atoms. The number of carbonyl (C=O) groups is 1. The number of anilines is 2. The van der Waals surface area contributed by atoms with Crippen LogP contribution < -0.4 is 11.1 Å². The molecule has 0 atom stereocenters. The van der Waals surface area contributed by atoms with Crippen LogP contribution in [0, 0.1) is 5.82 Å². The van der Waals surface area contributed by atoms with Crippen molar-refractivity contribution in [3.63, 3.8) is 0 Å². The maximum atomic E-state index is 14.9. The lowest BCUT2D eigenvalue weighted by Gasteiger charge is -2.18. The van der Waals surface area contributed by atoms with Gasteiger partial charge >= 0.3 is 0 Å². The molecule has 0 radical (unpaired) electrons. The van der Waals surface area contributed by atoms with E-state index in [1.807, 2.05) is 36.4 Å². The van der Waals surface area contributed by atoms with Gasteiger partial charge in [0, 0.05) is 16.1 Å². The molecule has 4 aromatic rings. The van der Waals surface area contributed by atoms with Gasteiger partial charge in [0.1, 0.15) is 16.6 Å². The summed E-state index contributed by atoms with van der Waals surface area (Å²) in [5, 5.41) is 13.8. The average Bonchev–Trinajstić information content (AvgIpc) is 3.22. The highest BCUT2D eigenvalue weighted by Gasteiger charge is 2.21. The summed E-state index contributed by atoms with van der Waals surface area (Å²) in [5.74, 6) is -0.512. The number of nitrogens with zero attached hydrogens (tertiary/aromatic N) is 1. The third-order valence-electron chi connectivity index (χ3n) is 5.50. The minimum absolute atomic E-state index is 0.266. The molecule has 0 spiro atoms. The Morgan fingerprint density at radius 1 is 1.06 bits per heavy atom. The summed E-state index contributed by atoms with van der Waals surface area (Å²) in [5.41, 5.74) is 7.66. The van der Waals surface area contributed by atoms with Gasteiger partial charge in [-0.05, 0) is 62.1 Å². The number of thiophene rings is 1. The molecule has 2 heterocycles. The van der Waals surface area contributed by atoms with Gasteiger partial charge in [-0.15, -0.1) is 11.3 Å². The van der Waals surface area contributed by atoms with E-state index < -0.39 is 17.3 Å². The monoisotopic (exact) mass is 475 g/mol. The van der Waals surface area contributed by atoms with Crippen molar-refractivity contribution >= 4 is 28.1 Å². The molecule has 4 rings (SSSR count). The molecule has 0 aliphatic heterocycles. The zero-order chi connectivity index (χ0) is 24.3. The van der Waals surface area contributed by atoms with Gasteiger partial charge in [0.05, 0.1) is 11.2 Å². The Bertz CT molecular complexity index is 1310. The number of aromatic nitrogens is 1. The van der Waals surface area contributed by atoms with Gasteiger partial charge in [-0.25, -0.2) is 9.37 Å². The van der Waals surface area contributed by atoms with Gasteiger partial charge in [-0.2, -0.15) is 0 Å². The van der Waals surface area contributed by atoms with Crippen molar-refractivity contribution in [1.82, 2.24) is 4.98 Å². The molecule has 0 aliphatic carbocycles. The van der Waals surface area contributed by atoms with Crippen molar-refractivity contribution in [2.45, 2.75) is 32.3 Å². The van der Waals surface area contributed by atoms with E-state index in [0.717, 1.165) is 18.5 Å². The van der Waals surface area contributed by atoms with E-state index in [4.69, 9.17) is 5.73 Å². The van der Waals surface area contributed by atoms with Crippen LogP contribution in [0.4, 0.5) is 15.2 Å². The molecule has 2 aromatic carbocycles. The van der Waals surface area contributed by atoms with Crippen molar-refractivity contribution in [1.29, 1.82) is 0 Å². The molecule has 4 N–H and O–H groups in total. The summed E-state index contributed by atoms with van der Waals surface area (Å²) in [4.78, 5) is 17.3. The SMILES string of the molecule is CC(C)(O)c1ccc(-c2cc(C(N)=O)c(Nc3cccc(CCc4ccccc4)n3)s2)c(F)c1. The van der Waals surface area contributed by atoms with Crippen LogP contribution in [-0.4, -0.2) is 16.0 Å². The van der Waals surface area contributed by atoms with Gasteiger partial charge in [0.2, 0.25) is 0 Å². The van der Waals surface area contributed by atoms with Crippen LogP contribution >= 0.6 is 11.3 Å². The number of pyridine rings is 1. The summed E-state index contributed by atoms with van der Waals surface area (Å²) >= 11 is 1.22. The quantitative estimate of drug-likeness (QED) is 0.300. The molecule has 0 fully saturated rings. The maximum absolute atomic E-state index is 14.9. The van der Waals surface area contributed by atoms with Crippen LogP contribution in [-0.2, 0) is 18.4 Å². The second-order valence-electron chi connectivity index (χ2n) is 8.60. The topological polar surface area (TPSA) is 88.2 Å². The molecule has 174 valence electrons. The smallest absolute Gasteiger partial charge is 0.251 e. The number of carbonyl (C=O) groups excluding carboxylic acids is 1. The molecule has 0 saturated carbocycles. The van der Waals surface area contributed by atoms with Crippen LogP contribution in [0.1, 0.15) is 41.0 Å². The Kier molecular flexibility index (Phi) is 6.77. The van der Waals surface area contributed by atoms with E-state index in [-0.39, 0.29) is 5.56 Å².